The average Bonchev–Trinajstić information content (AvgIpc) is 3.57. The number of nitrogens with zero attached hydrogens (tertiary/aromatic N) is 1. The molecule has 2 heterocycles. The Bertz CT molecular complexity index is 1010. The topological polar surface area (TPSA) is 151 Å². The Kier molecular flexibility index (Phi) is 7.43. The second kappa shape index (κ2) is 10.0. The zero-order chi connectivity index (χ0) is 28.2. The van der Waals surface area contributed by atoms with Crippen LogP contribution in [0.15, 0.2) is 0 Å². The first-order valence-electron chi connectivity index (χ1n) is 13.1. The van der Waals surface area contributed by atoms with Crippen LogP contribution >= 0.6 is 0 Å². The van der Waals surface area contributed by atoms with Crippen molar-refractivity contribution in [1.82, 2.24) is 20.9 Å². The Morgan fingerprint density at radius 1 is 1.08 bits per heavy atom. The number of carbonyl (C=O) groups is 5. The lowest BCUT2D eigenvalue weighted by molar-refractivity contribution is -0.176. The number of halogens is 3. The maximum Gasteiger partial charge on any atom is 0.471 e. The molecule has 4 aliphatic rings. The minimum Gasteiger partial charge on any atom is -0.368 e. The van der Waals surface area contributed by atoms with Gasteiger partial charge in [0.15, 0.2) is 0 Å². The number of fused-ring (bicyclic) bond motifs is 5. The maximum atomic E-state index is 13.8. The molecule has 0 unspecified atom stereocenters. The Hall–Kier alpha value is -2.86. The van der Waals surface area contributed by atoms with Gasteiger partial charge in [0.25, 0.3) is 0 Å². The van der Waals surface area contributed by atoms with Crippen LogP contribution in [0, 0.1) is 35.0 Å². The van der Waals surface area contributed by atoms with Gasteiger partial charge in [-0.1, -0.05) is 20.8 Å². The van der Waals surface area contributed by atoms with Gasteiger partial charge in [-0.15, -0.1) is 0 Å². The zero-order valence-corrected chi connectivity index (χ0v) is 21.8. The van der Waals surface area contributed by atoms with Gasteiger partial charge in [-0.25, -0.2) is 0 Å². The van der Waals surface area contributed by atoms with Gasteiger partial charge < -0.3 is 26.6 Å². The second-order valence-corrected chi connectivity index (χ2v) is 12.3. The third kappa shape index (κ3) is 5.33. The van der Waals surface area contributed by atoms with Gasteiger partial charge in [-0.2, -0.15) is 13.2 Å². The Morgan fingerprint density at radius 2 is 1.74 bits per heavy atom. The van der Waals surface area contributed by atoms with Crippen molar-refractivity contribution >= 4 is 29.5 Å². The van der Waals surface area contributed by atoms with Crippen LogP contribution in [-0.2, 0) is 24.0 Å². The fraction of sp³-hybridized carbons (Fsp3) is 0.800. The first-order chi connectivity index (χ1) is 17.6. The molecule has 4 rings (SSSR count). The molecule has 5 amide bonds. The fourth-order valence-electron chi connectivity index (χ4n) is 6.99. The van der Waals surface area contributed by atoms with Crippen molar-refractivity contribution in [1.29, 1.82) is 0 Å². The Labute approximate surface area is 219 Å². The normalized spacial score (nSPS) is 31.9. The van der Waals surface area contributed by atoms with Crippen molar-refractivity contribution < 1.29 is 37.1 Å². The van der Waals surface area contributed by atoms with E-state index in [2.05, 4.69) is 10.6 Å². The number of nitrogens with two attached hydrogens (primary N) is 1. The molecule has 2 aliphatic heterocycles. The third-order valence-corrected chi connectivity index (χ3v) is 8.81. The molecule has 0 aromatic carbocycles. The standard InChI is InChI=1S/C25H36F3N5O5/c1-24(2,3)18(32-23(38)25(26,27)28)22(37)33-10-14-11-4-5-12(8-11)16(14)17(33)21(36)31-15(19(29)34)9-13-6-7-30-20(13)35/h11-18H,4-10H2,1-3H3,(H2,29,34)(H,30,35)(H,31,36)(H,32,38)/t11-,12+,13+,14-,15+,16+,17+,18-/m1/s1. The smallest absolute Gasteiger partial charge is 0.368 e. The summed E-state index contributed by atoms with van der Waals surface area (Å²) in [4.78, 5) is 64.9. The largest absolute Gasteiger partial charge is 0.471 e. The number of nitrogens with one attached hydrogen (secondary N) is 3. The van der Waals surface area contributed by atoms with Crippen molar-refractivity contribution in [2.24, 2.45) is 40.7 Å². The van der Waals surface area contributed by atoms with Crippen LogP contribution in [0.25, 0.3) is 0 Å². The lowest BCUT2D eigenvalue weighted by atomic mass is 9.78. The molecule has 10 nitrogen and oxygen atoms in total. The monoisotopic (exact) mass is 543 g/mol. The van der Waals surface area contributed by atoms with E-state index in [0.717, 1.165) is 19.3 Å². The lowest BCUT2D eigenvalue weighted by Gasteiger charge is -2.37. The molecule has 0 aromatic heterocycles. The molecule has 5 N–H and O–H groups in total. The molecule has 2 saturated heterocycles. The van der Waals surface area contributed by atoms with Gasteiger partial charge in [0.1, 0.15) is 18.1 Å². The number of carbonyl (C=O) groups excluding carboxylic acids is 5. The fourth-order valence-corrected chi connectivity index (χ4v) is 6.99. The van der Waals surface area contributed by atoms with Crippen molar-refractivity contribution in [2.75, 3.05) is 13.1 Å². The highest BCUT2D eigenvalue weighted by Gasteiger charge is 2.60. The predicted octanol–water partition coefficient (Wildman–Crippen LogP) is 0.449. The van der Waals surface area contributed by atoms with Crippen molar-refractivity contribution in [3.8, 4) is 0 Å². The summed E-state index contributed by atoms with van der Waals surface area (Å²) >= 11 is 0. The average molecular weight is 544 g/mol. The zero-order valence-electron chi connectivity index (χ0n) is 21.8. The van der Waals surface area contributed by atoms with Crippen LogP contribution in [0.3, 0.4) is 0 Å². The number of amides is 5. The molecule has 38 heavy (non-hydrogen) atoms. The number of hydrogen-bond acceptors (Lipinski definition) is 5. The first-order valence-corrected chi connectivity index (χ1v) is 13.1. The summed E-state index contributed by atoms with van der Waals surface area (Å²) < 4.78 is 39.2. The highest BCUT2D eigenvalue weighted by Crippen LogP contribution is 2.57. The van der Waals surface area contributed by atoms with E-state index in [-0.39, 0.29) is 36.6 Å². The van der Waals surface area contributed by atoms with Crippen molar-refractivity contribution in [2.45, 2.75) is 77.2 Å². The quantitative estimate of drug-likeness (QED) is 0.368. The van der Waals surface area contributed by atoms with E-state index < -0.39 is 59.3 Å². The van der Waals surface area contributed by atoms with Gasteiger partial charge in [-0.05, 0) is 61.2 Å². The van der Waals surface area contributed by atoms with Gasteiger partial charge in [0.2, 0.25) is 23.6 Å². The molecular weight excluding hydrogens is 507 g/mol. The molecule has 0 aromatic rings. The SMILES string of the molecule is CC(C)(C)[C@H](NC(=O)C(F)(F)F)C(=O)N1C[C@@H]2[C@@H]3CC[C@@H](C3)[C@@H]2[C@H]1C(=O)N[C@@H](C[C@@H]1CCNC1=O)C(N)=O. The summed E-state index contributed by atoms with van der Waals surface area (Å²) in [6, 6.07) is -3.69. The molecule has 0 spiro atoms. The van der Waals surface area contributed by atoms with Crippen LogP contribution < -0.4 is 21.7 Å². The highest BCUT2D eigenvalue weighted by atomic mass is 19.4. The summed E-state index contributed by atoms with van der Waals surface area (Å²) in [5, 5.41) is 7.17. The number of hydrogen-bond donors (Lipinski definition) is 4. The molecule has 8 atom stereocenters. The molecule has 13 heteroatoms. The Morgan fingerprint density at radius 3 is 2.29 bits per heavy atom. The van der Waals surface area contributed by atoms with Gasteiger partial charge in [0, 0.05) is 19.0 Å². The van der Waals surface area contributed by atoms with Crippen LogP contribution in [0.2, 0.25) is 0 Å². The van der Waals surface area contributed by atoms with E-state index in [1.165, 1.54) is 25.7 Å². The number of alkyl halides is 3. The van der Waals surface area contributed by atoms with E-state index in [1.807, 2.05) is 5.32 Å². The third-order valence-electron chi connectivity index (χ3n) is 8.81. The summed E-state index contributed by atoms with van der Waals surface area (Å²) in [6.45, 7) is 5.26. The second-order valence-electron chi connectivity index (χ2n) is 12.3. The summed E-state index contributed by atoms with van der Waals surface area (Å²) in [6.07, 6.45) is -1.92. The van der Waals surface area contributed by atoms with Gasteiger partial charge in [-0.3, -0.25) is 24.0 Å². The first kappa shape index (κ1) is 28.2. The van der Waals surface area contributed by atoms with E-state index in [0.29, 0.717) is 18.9 Å². The van der Waals surface area contributed by atoms with Crippen LogP contribution in [0.5, 0.6) is 0 Å². The molecule has 2 bridgehead atoms. The number of primary amides is 1. The number of likely N-dealkylation sites (tertiary alicyclic amines) is 1. The van der Waals surface area contributed by atoms with Gasteiger partial charge >= 0.3 is 12.1 Å². The minimum atomic E-state index is -5.18. The van der Waals surface area contributed by atoms with E-state index >= 15 is 0 Å². The van der Waals surface area contributed by atoms with Crippen molar-refractivity contribution in [3.05, 3.63) is 0 Å². The van der Waals surface area contributed by atoms with Crippen LogP contribution in [-0.4, -0.2) is 71.8 Å². The van der Waals surface area contributed by atoms with Crippen LogP contribution in [0.4, 0.5) is 13.2 Å². The molecular formula is C25H36F3N5O5. The van der Waals surface area contributed by atoms with Gasteiger partial charge in [0.05, 0.1) is 0 Å². The van der Waals surface area contributed by atoms with Crippen LogP contribution in [0.1, 0.15) is 52.9 Å². The van der Waals surface area contributed by atoms with E-state index in [9.17, 15) is 37.1 Å². The predicted molar refractivity (Wildman–Crippen MR) is 128 cm³/mol. The minimum absolute atomic E-state index is 0.0000222. The molecule has 4 fully saturated rings. The summed E-state index contributed by atoms with van der Waals surface area (Å²) in [7, 11) is 0. The molecule has 2 saturated carbocycles. The van der Waals surface area contributed by atoms with Crippen molar-refractivity contribution in [3.63, 3.8) is 0 Å². The van der Waals surface area contributed by atoms with E-state index in [1.54, 1.807) is 0 Å². The summed E-state index contributed by atoms with van der Waals surface area (Å²) in [5.74, 6) is -4.89. The number of rotatable bonds is 7. The van der Waals surface area contributed by atoms with E-state index in [4.69, 9.17) is 5.73 Å². The lowest BCUT2D eigenvalue weighted by Crippen LogP contribution is -2.61. The molecule has 0 radical (unpaired) electrons. The Balaban J connectivity index is 1.60. The molecule has 212 valence electrons. The maximum absolute atomic E-state index is 13.8. The molecule has 2 aliphatic carbocycles. The highest BCUT2D eigenvalue weighted by molar-refractivity contribution is 5.96. The summed E-state index contributed by atoms with van der Waals surface area (Å²) in [5.41, 5.74) is 4.47.